The van der Waals surface area contributed by atoms with E-state index in [0.29, 0.717) is 35.0 Å². The number of anilines is 2. The molecule has 2 heterocycles. The van der Waals surface area contributed by atoms with Crippen molar-refractivity contribution >= 4 is 35.0 Å². The van der Waals surface area contributed by atoms with Crippen LogP contribution in [0.4, 0.5) is 11.4 Å². The Bertz CT molecular complexity index is 1690. The van der Waals surface area contributed by atoms with Crippen LogP contribution >= 0.6 is 0 Å². The Morgan fingerprint density at radius 1 is 0.605 bits per heavy atom. The number of hydrogen-bond donors (Lipinski definition) is 0. The van der Waals surface area contributed by atoms with E-state index in [0.717, 1.165) is 15.4 Å². The standard InChI is InChI=1S/C35H28N2O6/c1-35(2,23-3-11-27(12-4-23)42-29-15-7-25(8-16-29)36-31(38)19-20-32(36)39)24-5-13-28(14-6-24)43-30-17-9-26(10-18-30)37-33(40)21-22-34(37)41/h3-13,15-22,28H,14H2,1-2H3. The normalized spacial score (nSPS) is 18.1. The van der Waals surface area contributed by atoms with E-state index in [1.807, 2.05) is 30.3 Å². The van der Waals surface area contributed by atoms with Gasteiger partial charge in [-0.3, -0.25) is 19.2 Å². The fraction of sp³-hybridized carbons (Fsp3) is 0.143. The molecule has 0 fully saturated rings. The van der Waals surface area contributed by atoms with Crippen LogP contribution in [0.1, 0.15) is 25.8 Å². The van der Waals surface area contributed by atoms with Crippen molar-refractivity contribution in [3.8, 4) is 17.2 Å². The van der Waals surface area contributed by atoms with Crippen LogP contribution in [0, 0.1) is 0 Å². The monoisotopic (exact) mass is 572 g/mol. The number of amides is 4. The van der Waals surface area contributed by atoms with E-state index in [1.165, 1.54) is 29.9 Å². The number of hydrogen-bond acceptors (Lipinski definition) is 6. The van der Waals surface area contributed by atoms with Gasteiger partial charge >= 0.3 is 0 Å². The van der Waals surface area contributed by atoms with Gasteiger partial charge in [-0.15, -0.1) is 0 Å². The van der Waals surface area contributed by atoms with Gasteiger partial charge in [0.25, 0.3) is 23.6 Å². The van der Waals surface area contributed by atoms with Crippen molar-refractivity contribution < 1.29 is 28.7 Å². The van der Waals surface area contributed by atoms with E-state index in [-0.39, 0.29) is 35.1 Å². The summed E-state index contributed by atoms with van der Waals surface area (Å²) >= 11 is 0. The summed E-state index contributed by atoms with van der Waals surface area (Å²) in [7, 11) is 0. The van der Waals surface area contributed by atoms with E-state index in [9.17, 15) is 19.2 Å². The van der Waals surface area contributed by atoms with E-state index in [4.69, 9.17) is 9.47 Å². The molecule has 1 unspecified atom stereocenters. The van der Waals surface area contributed by atoms with Crippen molar-refractivity contribution in [2.45, 2.75) is 31.8 Å². The number of allylic oxidation sites excluding steroid dienone is 2. The van der Waals surface area contributed by atoms with Crippen LogP contribution in [0.3, 0.4) is 0 Å². The van der Waals surface area contributed by atoms with Gasteiger partial charge in [-0.25, -0.2) is 9.80 Å². The third-order valence-electron chi connectivity index (χ3n) is 7.69. The fourth-order valence-electron chi connectivity index (χ4n) is 5.22. The van der Waals surface area contributed by atoms with E-state index < -0.39 is 0 Å². The summed E-state index contributed by atoms with van der Waals surface area (Å²) in [5.41, 5.74) is 3.05. The molecule has 6 rings (SSSR count). The molecule has 3 aromatic rings. The number of imide groups is 2. The smallest absolute Gasteiger partial charge is 0.258 e. The first kappa shape index (κ1) is 27.7. The largest absolute Gasteiger partial charge is 0.486 e. The second-order valence-corrected chi connectivity index (χ2v) is 10.8. The summed E-state index contributed by atoms with van der Waals surface area (Å²) in [5.74, 6) is 0.501. The molecule has 1 aliphatic carbocycles. The number of carbonyl (C=O) groups is 4. The van der Waals surface area contributed by atoms with E-state index >= 15 is 0 Å². The molecule has 0 bridgehead atoms. The number of carbonyl (C=O) groups excluding carboxylic acids is 4. The van der Waals surface area contributed by atoms with Crippen LogP contribution < -0.4 is 19.3 Å². The third-order valence-corrected chi connectivity index (χ3v) is 7.69. The first-order valence-electron chi connectivity index (χ1n) is 13.9. The molecule has 43 heavy (non-hydrogen) atoms. The molecule has 0 N–H and O–H groups in total. The molecule has 2 aliphatic heterocycles. The molecule has 214 valence electrons. The van der Waals surface area contributed by atoms with Crippen LogP contribution in [0.25, 0.3) is 0 Å². The maximum Gasteiger partial charge on any atom is 0.258 e. The van der Waals surface area contributed by atoms with Gasteiger partial charge in [0.1, 0.15) is 23.4 Å². The Balaban J connectivity index is 1.05. The summed E-state index contributed by atoms with van der Waals surface area (Å²) in [4.78, 5) is 49.8. The highest BCUT2D eigenvalue weighted by molar-refractivity contribution is 6.28. The van der Waals surface area contributed by atoms with Crippen molar-refractivity contribution in [2.24, 2.45) is 0 Å². The van der Waals surface area contributed by atoms with Crippen molar-refractivity contribution in [3.63, 3.8) is 0 Å². The molecule has 3 aliphatic rings. The molecular weight excluding hydrogens is 544 g/mol. The SMILES string of the molecule is CC(C)(C1=CCC(Oc2ccc(N3C(=O)C=CC3=O)cc2)C=C1)c1ccc(Oc2ccc(N3C(=O)C=CC3=O)cc2)cc1. The van der Waals surface area contributed by atoms with Gasteiger partial charge in [0, 0.05) is 36.1 Å². The lowest BCUT2D eigenvalue weighted by Gasteiger charge is -2.30. The van der Waals surface area contributed by atoms with Crippen LogP contribution in [0.5, 0.6) is 17.2 Å². The quantitative estimate of drug-likeness (QED) is 0.310. The second kappa shape index (κ2) is 11.1. The van der Waals surface area contributed by atoms with Gasteiger partial charge < -0.3 is 9.47 Å². The molecule has 0 aromatic heterocycles. The van der Waals surface area contributed by atoms with Crippen molar-refractivity contribution in [3.05, 3.63) is 126 Å². The third kappa shape index (κ3) is 5.55. The highest BCUT2D eigenvalue weighted by Gasteiger charge is 2.28. The Labute approximate surface area is 248 Å². The van der Waals surface area contributed by atoms with Gasteiger partial charge in [0.2, 0.25) is 0 Å². The highest BCUT2D eigenvalue weighted by atomic mass is 16.5. The minimum atomic E-state index is -0.358. The van der Waals surface area contributed by atoms with Crippen molar-refractivity contribution in [1.82, 2.24) is 0 Å². The minimum Gasteiger partial charge on any atom is -0.486 e. The molecule has 0 radical (unpaired) electrons. The zero-order chi connectivity index (χ0) is 30.1. The van der Waals surface area contributed by atoms with Gasteiger partial charge in [0.05, 0.1) is 11.4 Å². The van der Waals surface area contributed by atoms with Crippen LogP contribution in [-0.4, -0.2) is 29.7 Å². The lowest BCUT2D eigenvalue weighted by atomic mass is 9.75. The molecule has 0 saturated heterocycles. The first-order chi connectivity index (χ1) is 20.7. The first-order valence-corrected chi connectivity index (χ1v) is 13.9. The summed E-state index contributed by atoms with van der Waals surface area (Å²) in [6.07, 6.45) is 11.9. The lowest BCUT2D eigenvalue weighted by molar-refractivity contribution is -0.121. The number of benzene rings is 3. The van der Waals surface area contributed by atoms with Crippen molar-refractivity contribution in [2.75, 3.05) is 9.80 Å². The average Bonchev–Trinajstić information content (AvgIpc) is 3.53. The predicted molar refractivity (Wildman–Crippen MR) is 162 cm³/mol. The minimum absolute atomic E-state index is 0.137. The number of rotatable bonds is 8. The molecule has 8 nitrogen and oxygen atoms in total. The lowest BCUT2D eigenvalue weighted by Crippen LogP contribution is -2.29. The van der Waals surface area contributed by atoms with Gasteiger partial charge in [-0.2, -0.15) is 0 Å². The van der Waals surface area contributed by atoms with Crippen molar-refractivity contribution in [1.29, 1.82) is 0 Å². The average molecular weight is 573 g/mol. The molecule has 0 saturated carbocycles. The topological polar surface area (TPSA) is 93.2 Å². The molecule has 4 amide bonds. The zero-order valence-electron chi connectivity index (χ0n) is 23.6. The second-order valence-electron chi connectivity index (χ2n) is 10.8. The van der Waals surface area contributed by atoms with E-state index in [1.54, 1.807) is 48.5 Å². The van der Waals surface area contributed by atoms with E-state index in [2.05, 4.69) is 26.0 Å². The summed E-state index contributed by atoms with van der Waals surface area (Å²) in [5, 5.41) is 0. The van der Waals surface area contributed by atoms with Crippen LogP contribution in [-0.2, 0) is 24.6 Å². The number of nitrogens with zero attached hydrogens (tertiary/aromatic N) is 2. The van der Waals surface area contributed by atoms with Crippen LogP contribution in [0.15, 0.2) is 121 Å². The maximum absolute atomic E-state index is 11.9. The number of ether oxygens (including phenoxy) is 2. The Hall–Kier alpha value is -5.50. The maximum atomic E-state index is 11.9. The molecule has 3 aromatic carbocycles. The Kier molecular flexibility index (Phi) is 7.11. The summed E-state index contributed by atoms with van der Waals surface area (Å²) < 4.78 is 12.1. The molecule has 8 heteroatoms. The van der Waals surface area contributed by atoms with Gasteiger partial charge in [-0.1, -0.05) is 38.1 Å². The van der Waals surface area contributed by atoms with Crippen LogP contribution in [0.2, 0.25) is 0 Å². The van der Waals surface area contributed by atoms with Gasteiger partial charge in [0.15, 0.2) is 0 Å². The van der Waals surface area contributed by atoms with Gasteiger partial charge in [-0.05, 0) is 77.9 Å². The zero-order valence-corrected chi connectivity index (χ0v) is 23.6. The molecular formula is C35H28N2O6. The predicted octanol–water partition coefficient (Wildman–Crippen LogP) is 5.95. The molecule has 1 atom stereocenters. The summed E-state index contributed by atoms with van der Waals surface area (Å²) in [6, 6.07) is 21.7. The Morgan fingerprint density at radius 2 is 1.05 bits per heavy atom. The Morgan fingerprint density at radius 3 is 1.49 bits per heavy atom. The molecule has 0 spiro atoms. The highest BCUT2D eigenvalue weighted by Crippen LogP contribution is 2.36. The fourth-order valence-corrected chi connectivity index (χ4v) is 5.22. The summed E-state index contributed by atoms with van der Waals surface area (Å²) in [6.45, 7) is 4.34.